The van der Waals surface area contributed by atoms with Gasteiger partial charge in [0.1, 0.15) is 37.4 Å². The lowest BCUT2D eigenvalue weighted by Gasteiger charge is -2.21. The Balaban J connectivity index is 0.000000313. The second kappa shape index (κ2) is 34.3. The first kappa shape index (κ1) is 68.0. The molecule has 0 heterocycles. The van der Waals surface area contributed by atoms with Crippen LogP contribution in [0.1, 0.15) is 119 Å². The Morgan fingerprint density at radius 1 is 0.494 bits per heavy atom. The van der Waals surface area contributed by atoms with Gasteiger partial charge in [-0.2, -0.15) is 12.6 Å². The molecule has 0 aromatic heterocycles. The first-order valence-corrected chi connectivity index (χ1v) is 30.7. The highest BCUT2D eigenvalue weighted by molar-refractivity contribution is 8.77. The first-order chi connectivity index (χ1) is 40.6. The van der Waals surface area contributed by atoms with Gasteiger partial charge in [-0.25, -0.2) is 19.2 Å². The van der Waals surface area contributed by atoms with Crippen LogP contribution in [0.15, 0.2) is 97.1 Å². The number of fused-ring (bicyclic) bond motifs is 6. The van der Waals surface area contributed by atoms with Crippen molar-refractivity contribution < 1.29 is 77.8 Å². The number of ether oxygens (including phenoxy) is 2. The zero-order valence-corrected chi connectivity index (χ0v) is 50.0. The van der Waals surface area contributed by atoms with Gasteiger partial charge in [0.25, 0.3) is 0 Å². The third-order valence-electron chi connectivity index (χ3n) is 13.4. The van der Waals surface area contributed by atoms with Gasteiger partial charge in [0.2, 0.25) is 23.6 Å². The summed E-state index contributed by atoms with van der Waals surface area (Å²) in [6.45, 7) is 7.06. The molecule has 0 radical (unpaired) electrons. The highest BCUT2D eigenvalue weighted by Crippen LogP contribution is 2.46. The van der Waals surface area contributed by atoms with Gasteiger partial charge in [-0.15, -0.1) is 0 Å². The fraction of sp³-hybridized carbons (Fsp3) is 0.433. The Morgan fingerprint density at radius 3 is 1.19 bits per heavy atom. The van der Waals surface area contributed by atoms with Crippen LogP contribution in [0.2, 0.25) is 0 Å². The highest BCUT2D eigenvalue weighted by Gasteiger charge is 2.32. The van der Waals surface area contributed by atoms with E-state index in [0.29, 0.717) is 57.4 Å². The van der Waals surface area contributed by atoms with E-state index >= 15 is 0 Å². The van der Waals surface area contributed by atoms with Crippen molar-refractivity contribution in [2.24, 2.45) is 0 Å². The van der Waals surface area contributed by atoms with Crippen LogP contribution in [0, 0.1) is 0 Å². The Bertz CT molecular complexity index is 2900. The number of carbonyl (C=O) groups excluding carboxylic acids is 6. The number of hydrogen-bond acceptors (Lipinski definition) is 15. The number of amides is 6. The molecule has 0 saturated heterocycles. The Morgan fingerprint density at radius 2 is 0.847 bits per heavy atom. The number of benzene rings is 4. The van der Waals surface area contributed by atoms with Crippen LogP contribution < -0.4 is 31.9 Å². The molecule has 4 unspecified atom stereocenters. The van der Waals surface area contributed by atoms with Gasteiger partial charge in [0.05, 0.1) is 12.8 Å². The van der Waals surface area contributed by atoms with Crippen molar-refractivity contribution in [3.63, 3.8) is 0 Å². The number of thiol groups is 1. The molecule has 458 valence electrons. The van der Waals surface area contributed by atoms with E-state index in [9.17, 15) is 47.9 Å². The third-order valence-corrected chi connectivity index (χ3v) is 17.1. The summed E-state index contributed by atoms with van der Waals surface area (Å²) in [6.07, 6.45) is 0.350. The van der Waals surface area contributed by atoms with Crippen molar-refractivity contribution in [1.29, 1.82) is 0 Å². The van der Waals surface area contributed by atoms with Gasteiger partial charge in [-0.1, -0.05) is 152 Å². The Hall–Kier alpha value is -7.77. The quantitative estimate of drug-likeness (QED) is 0.0129. The second-order valence-corrected chi connectivity index (χ2v) is 24.6. The summed E-state index contributed by atoms with van der Waals surface area (Å²) in [5.41, 5.74) is 8.83. The topological polar surface area (TPSA) is 342 Å². The van der Waals surface area contributed by atoms with E-state index in [2.05, 4.69) is 77.4 Å². The van der Waals surface area contributed by atoms with Crippen molar-refractivity contribution >= 4 is 93.9 Å². The van der Waals surface area contributed by atoms with Crippen LogP contribution in [-0.4, -0.2) is 147 Å². The van der Waals surface area contributed by atoms with Crippen LogP contribution in [0.5, 0.6) is 0 Å². The average Bonchev–Trinajstić information content (AvgIpc) is 2.27. The molecular weight excluding hydrogens is 1160 g/mol. The molecule has 0 spiro atoms. The van der Waals surface area contributed by atoms with Gasteiger partial charge in [0.15, 0.2) is 0 Å². The van der Waals surface area contributed by atoms with Crippen LogP contribution >= 0.6 is 34.2 Å². The molecule has 0 aliphatic heterocycles. The predicted molar refractivity (Wildman–Crippen MR) is 324 cm³/mol. The van der Waals surface area contributed by atoms with Crippen molar-refractivity contribution in [3.05, 3.63) is 119 Å². The van der Waals surface area contributed by atoms with E-state index in [4.69, 9.17) is 29.9 Å². The molecule has 25 heteroatoms. The summed E-state index contributed by atoms with van der Waals surface area (Å²) in [4.78, 5) is 118. The molecule has 2 aliphatic rings. The molecule has 4 aromatic carbocycles. The number of carboxylic acid groups (broad SMARTS) is 4. The van der Waals surface area contributed by atoms with Gasteiger partial charge in [-0.05, 0) is 70.2 Å². The minimum absolute atomic E-state index is 0.0277. The maximum atomic E-state index is 13.1. The maximum absolute atomic E-state index is 13.1. The monoisotopic (exact) mass is 1230 g/mol. The fourth-order valence-corrected chi connectivity index (χ4v) is 12.1. The number of hydrogen-bond donors (Lipinski definition) is 11. The molecule has 0 fully saturated rings. The van der Waals surface area contributed by atoms with Gasteiger partial charge in [0, 0.05) is 54.0 Å². The number of alkyl carbamates (subject to hydrolysis) is 2. The minimum atomic E-state index is -1.48. The summed E-state index contributed by atoms with van der Waals surface area (Å²) < 4.78 is 11.1. The van der Waals surface area contributed by atoms with E-state index in [1.165, 1.54) is 10.8 Å². The predicted octanol–water partition coefficient (Wildman–Crippen LogP) is 7.34. The lowest BCUT2D eigenvalue weighted by atomic mass is 9.98. The molecule has 0 bridgehead atoms. The van der Waals surface area contributed by atoms with Gasteiger partial charge in [-0.3, -0.25) is 28.8 Å². The van der Waals surface area contributed by atoms with Crippen molar-refractivity contribution in [1.82, 2.24) is 31.9 Å². The summed E-state index contributed by atoms with van der Waals surface area (Å²) >= 11 is 4.17. The lowest BCUT2D eigenvalue weighted by Crippen LogP contribution is -2.48. The standard InChI is InChI=1S/C32H41N3O8S2.C28H33N3O8S/c1-32(2,3)45-44-19-26(29(39)33-16-10-4-5-15-27(36)34-25(30(40)41)17-28(37)38)35-31(42)43-18-24-22-13-8-6-11-20(22)21-12-7-9-14-23(21)24;32-24(30-22(27(36)37)14-25(33)34)12-2-1-7-13-29-26(35)23(16-40)31-28(38)39-15-21-19-10-5-3-8-17(19)18-9-4-6-11-20(18)21/h6-9,11-14,24-26H,4-5,10,15-19H2,1-3H3,(H,33,39)(H,34,36)(H,35,42)(H,37,38)(H,40,41);3-6,8-11,21-23,40H,1-2,7,12-16H2,(H,29,35)(H,30,32)(H,31,38)(H,33,34)(H,36,37). The number of aliphatic carboxylic acids is 4. The summed E-state index contributed by atoms with van der Waals surface area (Å²) in [5, 5.41) is 50.8. The Labute approximate surface area is 506 Å². The number of nitrogens with one attached hydrogen (secondary N) is 6. The first-order valence-electron chi connectivity index (χ1n) is 27.7. The molecule has 2 aliphatic carbocycles. The second-order valence-electron chi connectivity index (χ2n) is 21.0. The highest BCUT2D eigenvalue weighted by atomic mass is 33.1. The average molecular weight is 1230 g/mol. The molecule has 6 amide bonds. The van der Waals surface area contributed by atoms with Gasteiger partial charge >= 0.3 is 36.1 Å². The van der Waals surface area contributed by atoms with Crippen LogP contribution in [-0.2, 0) is 47.8 Å². The van der Waals surface area contributed by atoms with Crippen molar-refractivity contribution in [2.45, 2.75) is 126 Å². The summed E-state index contributed by atoms with van der Waals surface area (Å²) in [5.74, 6) is -7.13. The summed E-state index contributed by atoms with van der Waals surface area (Å²) in [6, 6.07) is 27.4. The van der Waals surface area contributed by atoms with E-state index in [1.807, 2.05) is 84.9 Å². The van der Waals surface area contributed by atoms with Crippen LogP contribution in [0.3, 0.4) is 0 Å². The fourth-order valence-electron chi connectivity index (χ4n) is 9.35. The molecule has 4 atom stereocenters. The zero-order valence-electron chi connectivity index (χ0n) is 47.5. The number of rotatable bonds is 32. The van der Waals surface area contributed by atoms with E-state index in [0.717, 1.165) is 44.5 Å². The summed E-state index contributed by atoms with van der Waals surface area (Å²) in [7, 11) is 3.10. The van der Waals surface area contributed by atoms with E-state index in [1.54, 1.807) is 10.8 Å². The van der Waals surface area contributed by atoms with Crippen LogP contribution in [0.4, 0.5) is 9.59 Å². The molecule has 10 N–H and O–H groups in total. The van der Waals surface area contributed by atoms with Gasteiger partial charge < -0.3 is 61.8 Å². The SMILES string of the molecule is CC(C)(C)SSCC(NC(=O)OCC1c2ccccc2-c2ccccc21)C(=O)NCCCCCC(=O)NC(CC(=O)O)C(=O)O.O=C(O)CC(NC(=O)CCCCCNC(=O)C(CS)NC(=O)OCC1c2ccccc2-c2ccccc21)C(=O)O. The Kier molecular flexibility index (Phi) is 27.4. The lowest BCUT2D eigenvalue weighted by molar-refractivity contribution is -0.147. The molecule has 85 heavy (non-hydrogen) atoms. The number of carboxylic acids is 4. The maximum Gasteiger partial charge on any atom is 0.407 e. The van der Waals surface area contributed by atoms with E-state index in [-0.39, 0.29) is 54.3 Å². The number of unbranched alkanes of at least 4 members (excludes halogenated alkanes) is 4. The molecule has 22 nitrogen and oxygen atoms in total. The molecule has 4 aromatic rings. The van der Waals surface area contributed by atoms with E-state index < -0.39 is 90.8 Å². The molecular formula is C60H74N6O16S3. The molecule has 6 rings (SSSR count). The van der Waals surface area contributed by atoms with Crippen LogP contribution in [0.25, 0.3) is 22.3 Å². The van der Waals surface area contributed by atoms with Crippen molar-refractivity contribution in [3.8, 4) is 22.3 Å². The normalized spacial score (nSPS) is 13.5. The van der Waals surface area contributed by atoms with Crippen molar-refractivity contribution in [2.75, 3.05) is 37.8 Å². The minimum Gasteiger partial charge on any atom is -0.481 e. The number of carbonyl (C=O) groups is 10. The largest absolute Gasteiger partial charge is 0.481 e. The molecule has 0 saturated carbocycles. The zero-order chi connectivity index (χ0) is 62.1. The smallest absolute Gasteiger partial charge is 0.407 e. The third kappa shape index (κ3) is 22.3.